The summed E-state index contributed by atoms with van der Waals surface area (Å²) in [5.41, 5.74) is 1.34. The number of benzene rings is 3. The molecule has 3 aromatic carbocycles. The monoisotopic (exact) mass is 407 g/mol. The van der Waals surface area contributed by atoms with Gasteiger partial charge in [0.25, 0.3) is 0 Å². The standard InChI is InChI=1S/C22H18ClN3O3/c23-18-8-20-19(25-21(28)22(29)26(20)11-12-9-24-10-12)7-17(18)16-6-14(27)5-13-3-1-2-4-15(13)16/h1-8,12,24,27H,9-11H2,(H,25,28). The van der Waals surface area contributed by atoms with Crippen LogP contribution in [-0.2, 0) is 6.54 Å². The van der Waals surface area contributed by atoms with Crippen LogP contribution >= 0.6 is 11.6 Å². The van der Waals surface area contributed by atoms with Crippen LogP contribution in [0.1, 0.15) is 0 Å². The van der Waals surface area contributed by atoms with Gasteiger partial charge in [-0.2, -0.15) is 0 Å². The van der Waals surface area contributed by atoms with Crippen molar-refractivity contribution in [3.63, 3.8) is 0 Å². The van der Waals surface area contributed by atoms with Crippen molar-refractivity contribution in [2.24, 2.45) is 5.92 Å². The Morgan fingerprint density at radius 1 is 1.07 bits per heavy atom. The largest absolute Gasteiger partial charge is 0.508 e. The molecule has 2 heterocycles. The molecule has 0 aliphatic carbocycles. The average Bonchev–Trinajstić information content (AvgIpc) is 2.66. The summed E-state index contributed by atoms with van der Waals surface area (Å²) in [6, 6.07) is 14.5. The third-order valence-corrected chi connectivity index (χ3v) is 5.82. The molecule has 3 N–H and O–H groups in total. The molecule has 0 unspecified atom stereocenters. The molecule has 1 fully saturated rings. The lowest BCUT2D eigenvalue weighted by molar-refractivity contribution is 0.306. The van der Waals surface area contributed by atoms with Crippen LogP contribution in [0, 0.1) is 5.92 Å². The minimum atomic E-state index is -0.654. The molecule has 29 heavy (non-hydrogen) atoms. The van der Waals surface area contributed by atoms with Gasteiger partial charge in [-0.05, 0) is 40.6 Å². The number of aromatic hydroxyl groups is 1. The molecule has 1 aliphatic heterocycles. The lowest BCUT2D eigenvalue weighted by atomic mass is 9.97. The molecular formula is C22H18ClN3O3. The van der Waals surface area contributed by atoms with Gasteiger partial charge in [0.2, 0.25) is 0 Å². The van der Waals surface area contributed by atoms with Crippen LogP contribution in [-0.4, -0.2) is 27.7 Å². The van der Waals surface area contributed by atoms with Crippen molar-refractivity contribution in [1.82, 2.24) is 14.9 Å². The zero-order valence-electron chi connectivity index (χ0n) is 15.4. The maximum atomic E-state index is 12.5. The predicted octanol–water partition coefficient (Wildman–Crippen LogP) is 3.09. The van der Waals surface area contributed by atoms with E-state index in [-0.39, 0.29) is 5.75 Å². The van der Waals surface area contributed by atoms with E-state index in [4.69, 9.17) is 11.6 Å². The number of aromatic amines is 1. The summed E-state index contributed by atoms with van der Waals surface area (Å²) in [6.07, 6.45) is 0. The number of rotatable bonds is 3. The Morgan fingerprint density at radius 2 is 1.86 bits per heavy atom. The highest BCUT2D eigenvalue weighted by atomic mass is 35.5. The quantitative estimate of drug-likeness (QED) is 0.455. The Labute approximate surface area is 170 Å². The van der Waals surface area contributed by atoms with Crippen LogP contribution in [0.25, 0.3) is 32.9 Å². The minimum Gasteiger partial charge on any atom is -0.508 e. The van der Waals surface area contributed by atoms with Crippen LogP contribution in [0.3, 0.4) is 0 Å². The van der Waals surface area contributed by atoms with Gasteiger partial charge in [-0.3, -0.25) is 9.59 Å². The Balaban J connectivity index is 1.77. The van der Waals surface area contributed by atoms with E-state index in [0.717, 1.165) is 29.4 Å². The highest BCUT2D eigenvalue weighted by Gasteiger charge is 2.21. The zero-order chi connectivity index (χ0) is 20.1. The maximum Gasteiger partial charge on any atom is 0.316 e. The second-order valence-corrected chi connectivity index (χ2v) is 7.87. The summed E-state index contributed by atoms with van der Waals surface area (Å²) >= 11 is 6.64. The number of hydrogen-bond donors (Lipinski definition) is 3. The molecule has 0 saturated carbocycles. The number of nitrogens with zero attached hydrogens (tertiary/aromatic N) is 1. The number of phenolic OH excluding ortho intramolecular Hbond substituents is 1. The molecule has 0 spiro atoms. The minimum absolute atomic E-state index is 0.130. The van der Waals surface area contributed by atoms with Gasteiger partial charge in [0.05, 0.1) is 16.1 Å². The third-order valence-electron chi connectivity index (χ3n) is 5.51. The normalized spacial score (nSPS) is 14.4. The molecule has 1 aliphatic rings. The molecule has 5 rings (SSSR count). The predicted molar refractivity (Wildman–Crippen MR) is 115 cm³/mol. The molecule has 0 amide bonds. The van der Waals surface area contributed by atoms with Gasteiger partial charge in [0.1, 0.15) is 5.75 Å². The lowest BCUT2D eigenvalue weighted by Crippen LogP contribution is -2.47. The van der Waals surface area contributed by atoms with E-state index in [1.165, 1.54) is 4.57 Å². The van der Waals surface area contributed by atoms with Gasteiger partial charge in [-0.1, -0.05) is 35.9 Å². The van der Waals surface area contributed by atoms with Crippen molar-refractivity contribution in [2.75, 3.05) is 13.1 Å². The van der Waals surface area contributed by atoms with Gasteiger partial charge in [-0.25, -0.2) is 0 Å². The van der Waals surface area contributed by atoms with Crippen molar-refractivity contribution in [3.05, 3.63) is 74.3 Å². The highest BCUT2D eigenvalue weighted by Crippen LogP contribution is 2.37. The summed E-state index contributed by atoms with van der Waals surface area (Å²) in [5.74, 6) is 0.442. The van der Waals surface area contributed by atoms with Crippen LogP contribution in [0.5, 0.6) is 5.75 Å². The number of aromatic nitrogens is 2. The highest BCUT2D eigenvalue weighted by molar-refractivity contribution is 6.34. The van der Waals surface area contributed by atoms with E-state index < -0.39 is 11.1 Å². The Bertz CT molecular complexity index is 1390. The van der Waals surface area contributed by atoms with Gasteiger partial charge in [0.15, 0.2) is 0 Å². The lowest BCUT2D eigenvalue weighted by Gasteiger charge is -2.28. The summed E-state index contributed by atoms with van der Waals surface area (Å²) in [7, 11) is 0. The van der Waals surface area contributed by atoms with E-state index in [1.54, 1.807) is 24.3 Å². The van der Waals surface area contributed by atoms with Crippen molar-refractivity contribution in [1.29, 1.82) is 0 Å². The number of nitrogens with one attached hydrogen (secondary N) is 2. The summed E-state index contributed by atoms with van der Waals surface area (Å²) < 4.78 is 1.51. The average molecular weight is 408 g/mol. The van der Waals surface area contributed by atoms with Crippen molar-refractivity contribution in [3.8, 4) is 16.9 Å². The van der Waals surface area contributed by atoms with Gasteiger partial charge in [0, 0.05) is 31.1 Å². The SMILES string of the molecule is O=c1[nH]c2cc(-c3cc(O)cc4ccccc34)c(Cl)cc2n(CC2CNC2)c1=O. The number of H-pyrrole nitrogens is 1. The Morgan fingerprint density at radius 3 is 2.62 bits per heavy atom. The molecule has 6 nitrogen and oxygen atoms in total. The number of phenols is 1. The first-order chi connectivity index (χ1) is 14.0. The van der Waals surface area contributed by atoms with E-state index in [9.17, 15) is 14.7 Å². The second kappa shape index (κ2) is 6.76. The smallest absolute Gasteiger partial charge is 0.316 e. The summed E-state index contributed by atoms with van der Waals surface area (Å²) in [6.45, 7) is 2.11. The van der Waals surface area contributed by atoms with Crippen molar-refractivity contribution >= 4 is 33.4 Å². The molecule has 146 valence electrons. The number of hydrogen-bond acceptors (Lipinski definition) is 4. The van der Waals surface area contributed by atoms with E-state index in [0.29, 0.717) is 34.1 Å². The molecule has 0 bridgehead atoms. The topological polar surface area (TPSA) is 87.1 Å². The number of halogens is 1. The van der Waals surface area contributed by atoms with Crippen LogP contribution < -0.4 is 16.4 Å². The van der Waals surface area contributed by atoms with E-state index in [1.807, 2.05) is 24.3 Å². The van der Waals surface area contributed by atoms with E-state index >= 15 is 0 Å². The van der Waals surface area contributed by atoms with Crippen molar-refractivity contribution < 1.29 is 5.11 Å². The summed E-state index contributed by atoms with van der Waals surface area (Å²) in [5, 5.41) is 15.6. The van der Waals surface area contributed by atoms with Crippen molar-refractivity contribution in [2.45, 2.75) is 6.54 Å². The van der Waals surface area contributed by atoms with Crippen LogP contribution in [0.4, 0.5) is 0 Å². The first-order valence-electron chi connectivity index (χ1n) is 9.40. The fourth-order valence-electron chi connectivity index (χ4n) is 3.93. The molecule has 0 radical (unpaired) electrons. The molecule has 1 saturated heterocycles. The molecule has 7 heteroatoms. The molecule has 4 aromatic rings. The van der Waals surface area contributed by atoms with Gasteiger partial charge >= 0.3 is 11.1 Å². The van der Waals surface area contributed by atoms with Crippen LogP contribution in [0.2, 0.25) is 5.02 Å². The van der Waals surface area contributed by atoms with Crippen LogP contribution in [0.15, 0.2) is 58.1 Å². The maximum absolute atomic E-state index is 12.5. The first-order valence-corrected chi connectivity index (χ1v) is 9.78. The molecule has 0 atom stereocenters. The molecule has 1 aromatic heterocycles. The Hall–Kier alpha value is -3.09. The molecular weight excluding hydrogens is 390 g/mol. The van der Waals surface area contributed by atoms with Gasteiger partial charge in [-0.15, -0.1) is 0 Å². The fraction of sp³-hybridized carbons (Fsp3) is 0.182. The third kappa shape index (κ3) is 3.01. The summed E-state index contributed by atoms with van der Waals surface area (Å²) in [4.78, 5) is 27.4. The van der Waals surface area contributed by atoms with Gasteiger partial charge < -0.3 is 20.0 Å². The number of fused-ring (bicyclic) bond motifs is 2. The fourth-order valence-corrected chi connectivity index (χ4v) is 4.19. The Kier molecular flexibility index (Phi) is 4.19. The first kappa shape index (κ1) is 18.0. The second-order valence-electron chi connectivity index (χ2n) is 7.46. The zero-order valence-corrected chi connectivity index (χ0v) is 16.2. The van der Waals surface area contributed by atoms with E-state index in [2.05, 4.69) is 10.3 Å².